The van der Waals surface area contributed by atoms with Gasteiger partial charge in [0, 0.05) is 11.0 Å². The summed E-state index contributed by atoms with van der Waals surface area (Å²) in [5, 5.41) is 2.76. The zero-order valence-electron chi connectivity index (χ0n) is 15.4. The van der Waals surface area contributed by atoms with Crippen molar-refractivity contribution in [3.05, 3.63) is 52.3 Å². The van der Waals surface area contributed by atoms with Gasteiger partial charge in [0.15, 0.2) is 29.7 Å². The van der Waals surface area contributed by atoms with E-state index in [1.165, 1.54) is 12.1 Å². The summed E-state index contributed by atoms with van der Waals surface area (Å²) in [5.41, 5.74) is 1.02. The van der Waals surface area contributed by atoms with Gasteiger partial charge in [-0.25, -0.2) is 4.39 Å². The molecule has 0 atom stereocenters. The number of carbonyl (C=O) groups excluding carboxylic acids is 1. The molecule has 1 N–H and O–H groups in total. The van der Waals surface area contributed by atoms with E-state index < -0.39 is 5.82 Å². The Bertz CT molecular complexity index is 770. The van der Waals surface area contributed by atoms with Crippen LogP contribution in [0.3, 0.4) is 0 Å². The maximum atomic E-state index is 13.7. The number of rotatable bonds is 10. The molecule has 0 bridgehead atoms. The van der Waals surface area contributed by atoms with Crippen molar-refractivity contribution in [3.8, 4) is 17.2 Å². The van der Waals surface area contributed by atoms with Crippen molar-refractivity contribution in [1.29, 1.82) is 0 Å². The molecule has 1 amide bonds. The summed E-state index contributed by atoms with van der Waals surface area (Å²) in [6.07, 6.45) is 0.630. The minimum absolute atomic E-state index is 0.0428. The Balaban J connectivity index is 1.81. The second-order valence-corrected chi connectivity index (χ2v) is 6.53. The Labute approximate surface area is 166 Å². The fourth-order valence-electron chi connectivity index (χ4n) is 2.38. The zero-order valence-corrected chi connectivity index (χ0v) is 17.0. The second kappa shape index (κ2) is 10.8. The largest absolute Gasteiger partial charge is 0.490 e. The van der Waals surface area contributed by atoms with E-state index >= 15 is 0 Å². The summed E-state index contributed by atoms with van der Waals surface area (Å²) >= 11 is 3.17. The lowest BCUT2D eigenvalue weighted by molar-refractivity contribution is -0.123. The standard InChI is InChI=1S/C20H23BrFNO4/c1-3-25-18-7-5-14(11-19(18)26-4-2)9-10-23-20(24)13-27-17-8-6-15(21)12-16(17)22/h5-8,11-12H,3-4,9-10,13H2,1-2H3,(H,23,24). The highest BCUT2D eigenvalue weighted by molar-refractivity contribution is 9.10. The second-order valence-electron chi connectivity index (χ2n) is 5.61. The van der Waals surface area contributed by atoms with Crippen LogP contribution in [0.15, 0.2) is 40.9 Å². The van der Waals surface area contributed by atoms with Crippen LogP contribution in [-0.4, -0.2) is 32.3 Å². The van der Waals surface area contributed by atoms with Gasteiger partial charge in [-0.15, -0.1) is 0 Å². The Morgan fingerprint density at radius 1 is 1.00 bits per heavy atom. The SMILES string of the molecule is CCOc1ccc(CCNC(=O)COc2ccc(Br)cc2F)cc1OCC. The number of hydrogen-bond acceptors (Lipinski definition) is 4. The van der Waals surface area contributed by atoms with E-state index in [1.54, 1.807) is 6.07 Å². The van der Waals surface area contributed by atoms with Crippen molar-refractivity contribution in [1.82, 2.24) is 5.32 Å². The molecule has 0 aromatic heterocycles. The number of ether oxygens (including phenoxy) is 3. The molecule has 2 aromatic carbocycles. The molecular formula is C20H23BrFNO4. The third-order valence-corrected chi connectivity index (χ3v) is 4.09. The van der Waals surface area contributed by atoms with Gasteiger partial charge in [0.1, 0.15) is 0 Å². The average molecular weight is 440 g/mol. The molecule has 2 rings (SSSR count). The van der Waals surface area contributed by atoms with Gasteiger partial charge < -0.3 is 19.5 Å². The Hall–Kier alpha value is -2.28. The molecule has 7 heteroatoms. The van der Waals surface area contributed by atoms with Crippen LogP contribution < -0.4 is 19.5 Å². The molecule has 0 aliphatic carbocycles. The molecule has 2 aromatic rings. The molecule has 5 nitrogen and oxygen atoms in total. The van der Waals surface area contributed by atoms with E-state index in [1.807, 2.05) is 32.0 Å². The van der Waals surface area contributed by atoms with Crippen molar-refractivity contribution in [2.75, 3.05) is 26.4 Å². The zero-order chi connectivity index (χ0) is 19.6. The van der Waals surface area contributed by atoms with Gasteiger partial charge >= 0.3 is 0 Å². The minimum atomic E-state index is -0.519. The lowest BCUT2D eigenvalue weighted by Crippen LogP contribution is -2.30. The molecular weight excluding hydrogens is 417 g/mol. The lowest BCUT2D eigenvalue weighted by Gasteiger charge is -2.13. The summed E-state index contributed by atoms with van der Waals surface area (Å²) in [6.45, 7) is 5.13. The number of nitrogens with one attached hydrogen (secondary N) is 1. The van der Waals surface area contributed by atoms with E-state index in [2.05, 4.69) is 21.2 Å². The van der Waals surface area contributed by atoms with Gasteiger partial charge in [-0.2, -0.15) is 0 Å². The quantitative estimate of drug-likeness (QED) is 0.604. The van der Waals surface area contributed by atoms with Crippen LogP contribution in [-0.2, 0) is 11.2 Å². The highest BCUT2D eigenvalue weighted by Crippen LogP contribution is 2.28. The summed E-state index contributed by atoms with van der Waals surface area (Å²) < 4.78 is 30.6. The monoisotopic (exact) mass is 439 g/mol. The Kier molecular flexibility index (Phi) is 8.39. The predicted molar refractivity (Wildman–Crippen MR) is 105 cm³/mol. The molecule has 0 heterocycles. The summed E-state index contributed by atoms with van der Waals surface area (Å²) in [5.74, 6) is 0.610. The van der Waals surface area contributed by atoms with E-state index in [9.17, 15) is 9.18 Å². The Morgan fingerprint density at radius 3 is 2.41 bits per heavy atom. The number of halogens is 2. The van der Waals surface area contributed by atoms with Gasteiger partial charge in [-0.1, -0.05) is 22.0 Å². The first-order valence-electron chi connectivity index (χ1n) is 8.76. The predicted octanol–water partition coefficient (Wildman–Crippen LogP) is 4.12. The minimum Gasteiger partial charge on any atom is -0.490 e. The fourth-order valence-corrected chi connectivity index (χ4v) is 2.72. The highest BCUT2D eigenvalue weighted by Gasteiger charge is 2.09. The number of carbonyl (C=O) groups is 1. The molecule has 0 spiro atoms. The maximum absolute atomic E-state index is 13.7. The topological polar surface area (TPSA) is 56.8 Å². The van der Waals surface area contributed by atoms with E-state index in [0.29, 0.717) is 42.2 Å². The molecule has 0 aliphatic rings. The first-order valence-corrected chi connectivity index (χ1v) is 9.55. The lowest BCUT2D eigenvalue weighted by atomic mass is 10.1. The van der Waals surface area contributed by atoms with Gasteiger partial charge in [0.25, 0.3) is 5.91 Å². The van der Waals surface area contributed by atoms with Crippen LogP contribution in [0.2, 0.25) is 0 Å². The van der Waals surface area contributed by atoms with Crippen LogP contribution in [0.4, 0.5) is 4.39 Å². The van der Waals surface area contributed by atoms with Crippen LogP contribution in [0.5, 0.6) is 17.2 Å². The summed E-state index contributed by atoms with van der Waals surface area (Å²) in [4.78, 5) is 11.9. The van der Waals surface area contributed by atoms with Crippen molar-refractivity contribution in [3.63, 3.8) is 0 Å². The number of benzene rings is 2. The molecule has 146 valence electrons. The van der Waals surface area contributed by atoms with E-state index in [4.69, 9.17) is 14.2 Å². The van der Waals surface area contributed by atoms with Gasteiger partial charge in [-0.3, -0.25) is 4.79 Å². The van der Waals surface area contributed by atoms with Crippen molar-refractivity contribution >= 4 is 21.8 Å². The Morgan fingerprint density at radius 2 is 1.70 bits per heavy atom. The van der Waals surface area contributed by atoms with Gasteiger partial charge in [-0.05, 0) is 56.2 Å². The van der Waals surface area contributed by atoms with Crippen LogP contribution in [0, 0.1) is 5.82 Å². The first kappa shape index (κ1) is 21.0. The third-order valence-electron chi connectivity index (χ3n) is 3.60. The normalized spacial score (nSPS) is 10.4. The van der Waals surface area contributed by atoms with Crippen LogP contribution in [0.25, 0.3) is 0 Å². The van der Waals surface area contributed by atoms with Crippen LogP contribution in [0.1, 0.15) is 19.4 Å². The van der Waals surface area contributed by atoms with Crippen LogP contribution >= 0.6 is 15.9 Å². The molecule has 0 radical (unpaired) electrons. The summed E-state index contributed by atoms with van der Waals surface area (Å²) in [7, 11) is 0. The summed E-state index contributed by atoms with van der Waals surface area (Å²) in [6, 6.07) is 10.1. The molecule has 0 unspecified atom stereocenters. The molecule has 0 fully saturated rings. The molecule has 0 saturated carbocycles. The molecule has 27 heavy (non-hydrogen) atoms. The number of amides is 1. The van der Waals surface area contributed by atoms with Gasteiger partial charge in [0.2, 0.25) is 0 Å². The highest BCUT2D eigenvalue weighted by atomic mass is 79.9. The molecule has 0 saturated heterocycles. The fraction of sp³-hybridized carbons (Fsp3) is 0.350. The van der Waals surface area contributed by atoms with Gasteiger partial charge in [0.05, 0.1) is 13.2 Å². The van der Waals surface area contributed by atoms with Crippen molar-refractivity contribution in [2.24, 2.45) is 0 Å². The van der Waals surface area contributed by atoms with E-state index in [-0.39, 0.29) is 18.3 Å². The van der Waals surface area contributed by atoms with E-state index in [0.717, 1.165) is 5.56 Å². The molecule has 0 aliphatic heterocycles. The number of hydrogen-bond donors (Lipinski definition) is 1. The maximum Gasteiger partial charge on any atom is 0.257 e. The average Bonchev–Trinajstić information content (AvgIpc) is 2.63. The first-order chi connectivity index (χ1) is 13.0. The smallest absolute Gasteiger partial charge is 0.257 e. The third kappa shape index (κ3) is 6.75. The van der Waals surface area contributed by atoms with Crippen molar-refractivity contribution in [2.45, 2.75) is 20.3 Å². The van der Waals surface area contributed by atoms with Crippen molar-refractivity contribution < 1.29 is 23.4 Å².